The Morgan fingerprint density at radius 3 is 1.95 bits per heavy atom. The lowest BCUT2D eigenvalue weighted by molar-refractivity contribution is -0.284. The third-order valence-electron chi connectivity index (χ3n) is 2.43. The van der Waals surface area contributed by atoms with E-state index in [9.17, 15) is 26.7 Å². The summed E-state index contributed by atoms with van der Waals surface area (Å²) in [4.78, 5) is 11.1. The van der Waals surface area contributed by atoms with Crippen molar-refractivity contribution in [2.24, 2.45) is 0 Å². The Kier molecular flexibility index (Phi) is 7.70. The second kappa shape index (κ2) is 8.16. The summed E-state index contributed by atoms with van der Waals surface area (Å²) in [6, 6.07) is -0.434. The molecule has 0 heterocycles. The van der Waals surface area contributed by atoms with E-state index in [0.717, 1.165) is 12.8 Å². The molecule has 0 saturated carbocycles. The Morgan fingerprint density at radius 1 is 0.947 bits per heavy atom. The number of unbranched alkanes of at least 4 members (excludes halogenated alkanes) is 2. The number of urea groups is 1. The molecule has 0 aromatic rings. The maximum atomic E-state index is 12.5. The molecule has 0 aliphatic carbocycles. The van der Waals surface area contributed by atoms with Crippen LogP contribution in [0.3, 0.4) is 0 Å². The molecular formula is C11H19F5N2O. The minimum Gasteiger partial charge on any atom is -0.338 e. The average Bonchev–Trinajstić information content (AvgIpc) is 2.27. The second-order valence-corrected chi connectivity index (χ2v) is 4.20. The number of amides is 2. The van der Waals surface area contributed by atoms with E-state index < -0.39 is 24.6 Å². The summed E-state index contributed by atoms with van der Waals surface area (Å²) < 4.78 is 60.4. The summed E-state index contributed by atoms with van der Waals surface area (Å²) in [5, 5.41) is 4.93. The molecular weight excluding hydrogens is 271 g/mol. The van der Waals surface area contributed by atoms with Crippen LogP contribution in [0.15, 0.2) is 0 Å². The highest BCUT2D eigenvalue weighted by atomic mass is 19.4. The molecule has 114 valence electrons. The third kappa shape index (κ3) is 7.84. The maximum absolute atomic E-state index is 12.5. The van der Waals surface area contributed by atoms with E-state index in [-0.39, 0.29) is 19.4 Å². The van der Waals surface area contributed by atoms with Gasteiger partial charge in [0.05, 0.1) is 0 Å². The van der Waals surface area contributed by atoms with Gasteiger partial charge in [0, 0.05) is 19.5 Å². The van der Waals surface area contributed by atoms with Gasteiger partial charge in [0.2, 0.25) is 0 Å². The molecule has 0 aromatic heterocycles. The molecule has 0 spiro atoms. The van der Waals surface area contributed by atoms with Crippen LogP contribution in [0.5, 0.6) is 0 Å². The zero-order valence-electron chi connectivity index (χ0n) is 10.7. The van der Waals surface area contributed by atoms with Gasteiger partial charge in [-0.3, -0.25) is 0 Å². The van der Waals surface area contributed by atoms with E-state index in [1.165, 1.54) is 0 Å². The molecule has 0 fully saturated rings. The Bertz CT molecular complexity index is 268. The number of carbonyl (C=O) groups excluding carboxylic acids is 1. The predicted octanol–water partition coefficient (Wildman–Crippen LogP) is 3.45. The van der Waals surface area contributed by atoms with Gasteiger partial charge in [-0.25, -0.2) is 4.79 Å². The van der Waals surface area contributed by atoms with Crippen LogP contribution >= 0.6 is 0 Å². The van der Waals surface area contributed by atoms with Crippen molar-refractivity contribution in [3.63, 3.8) is 0 Å². The molecule has 0 atom stereocenters. The van der Waals surface area contributed by atoms with E-state index in [4.69, 9.17) is 0 Å². The highest BCUT2D eigenvalue weighted by Gasteiger charge is 2.56. The van der Waals surface area contributed by atoms with Gasteiger partial charge in [0.15, 0.2) is 0 Å². The largest absolute Gasteiger partial charge is 0.453 e. The van der Waals surface area contributed by atoms with Gasteiger partial charge in [-0.05, 0) is 19.3 Å². The monoisotopic (exact) mass is 290 g/mol. The minimum atomic E-state index is -5.50. The summed E-state index contributed by atoms with van der Waals surface area (Å²) in [7, 11) is 0. The Hall–Kier alpha value is -1.08. The highest BCUT2D eigenvalue weighted by molar-refractivity contribution is 5.73. The summed E-state index contributed by atoms with van der Waals surface area (Å²) in [6.07, 6.45) is -5.24. The number of hydrogen-bond acceptors (Lipinski definition) is 1. The van der Waals surface area contributed by atoms with Gasteiger partial charge in [-0.1, -0.05) is 13.3 Å². The second-order valence-electron chi connectivity index (χ2n) is 4.20. The highest BCUT2D eigenvalue weighted by Crippen LogP contribution is 2.38. The molecule has 0 saturated heterocycles. The first-order valence-corrected chi connectivity index (χ1v) is 6.17. The smallest absolute Gasteiger partial charge is 0.338 e. The number of alkyl halides is 5. The fourth-order valence-corrected chi connectivity index (χ4v) is 1.26. The molecule has 0 rings (SSSR count). The van der Waals surface area contributed by atoms with Crippen LogP contribution in [0, 0.1) is 0 Å². The standard InChI is InChI=1S/C11H19F5N2O/c1-2-3-7-17-9(19)18-8-5-4-6-10(12,13)11(14,15)16/h2-8H2,1H3,(H2,17,18,19). The molecule has 8 heteroatoms. The summed E-state index contributed by atoms with van der Waals surface area (Å²) in [5.41, 5.74) is 0. The molecule has 0 aromatic carbocycles. The number of hydrogen-bond donors (Lipinski definition) is 2. The van der Waals surface area contributed by atoms with Crippen molar-refractivity contribution in [1.29, 1.82) is 0 Å². The first-order valence-electron chi connectivity index (χ1n) is 6.17. The predicted molar refractivity (Wildman–Crippen MR) is 61.2 cm³/mol. The number of nitrogens with one attached hydrogen (secondary N) is 2. The first kappa shape index (κ1) is 17.9. The van der Waals surface area contributed by atoms with Crippen molar-refractivity contribution in [2.75, 3.05) is 13.1 Å². The van der Waals surface area contributed by atoms with Gasteiger partial charge >= 0.3 is 18.1 Å². The molecule has 0 aliphatic rings. The van der Waals surface area contributed by atoms with Crippen molar-refractivity contribution in [3.05, 3.63) is 0 Å². The lowest BCUT2D eigenvalue weighted by Crippen LogP contribution is -2.37. The normalized spacial score (nSPS) is 12.3. The van der Waals surface area contributed by atoms with Crippen LogP contribution in [0.1, 0.15) is 39.0 Å². The Balaban J connectivity index is 3.63. The number of halogens is 5. The van der Waals surface area contributed by atoms with Crippen molar-refractivity contribution >= 4 is 6.03 Å². The maximum Gasteiger partial charge on any atom is 0.453 e. The van der Waals surface area contributed by atoms with Crippen LogP contribution in [-0.4, -0.2) is 31.2 Å². The molecule has 0 radical (unpaired) electrons. The lowest BCUT2D eigenvalue weighted by atomic mass is 10.1. The minimum absolute atomic E-state index is 0.0753. The molecule has 0 bridgehead atoms. The van der Waals surface area contributed by atoms with E-state index in [1.807, 2.05) is 6.92 Å². The van der Waals surface area contributed by atoms with Crippen molar-refractivity contribution in [1.82, 2.24) is 10.6 Å². The van der Waals surface area contributed by atoms with Crippen molar-refractivity contribution in [3.8, 4) is 0 Å². The zero-order valence-corrected chi connectivity index (χ0v) is 10.7. The SMILES string of the molecule is CCCCNC(=O)NCCCCC(F)(F)C(F)(F)F. The fraction of sp³-hybridized carbons (Fsp3) is 0.909. The van der Waals surface area contributed by atoms with Gasteiger partial charge in [0.1, 0.15) is 0 Å². The molecule has 3 nitrogen and oxygen atoms in total. The lowest BCUT2D eigenvalue weighted by Gasteiger charge is -2.19. The van der Waals surface area contributed by atoms with Crippen molar-refractivity contribution < 1.29 is 26.7 Å². The van der Waals surface area contributed by atoms with Crippen LogP contribution in [0.25, 0.3) is 0 Å². The molecule has 0 unspecified atom stereocenters. The van der Waals surface area contributed by atoms with Gasteiger partial charge < -0.3 is 10.6 Å². The van der Waals surface area contributed by atoms with Crippen LogP contribution in [0.2, 0.25) is 0 Å². The zero-order chi connectivity index (χ0) is 14.9. The quantitative estimate of drug-likeness (QED) is 0.521. The van der Waals surface area contributed by atoms with E-state index in [0.29, 0.717) is 6.54 Å². The van der Waals surface area contributed by atoms with Gasteiger partial charge in [-0.15, -0.1) is 0 Å². The Labute approximate surface area is 108 Å². The van der Waals surface area contributed by atoms with Crippen LogP contribution in [0.4, 0.5) is 26.7 Å². The first-order chi connectivity index (χ1) is 8.70. The average molecular weight is 290 g/mol. The molecule has 0 aliphatic heterocycles. The van der Waals surface area contributed by atoms with Crippen LogP contribution < -0.4 is 10.6 Å². The van der Waals surface area contributed by atoms with Crippen molar-refractivity contribution in [2.45, 2.75) is 51.1 Å². The van der Waals surface area contributed by atoms with E-state index in [2.05, 4.69) is 10.6 Å². The Morgan fingerprint density at radius 2 is 1.47 bits per heavy atom. The van der Waals surface area contributed by atoms with E-state index in [1.54, 1.807) is 0 Å². The number of carbonyl (C=O) groups is 1. The van der Waals surface area contributed by atoms with Crippen LogP contribution in [-0.2, 0) is 0 Å². The van der Waals surface area contributed by atoms with Gasteiger partial charge in [-0.2, -0.15) is 22.0 Å². The van der Waals surface area contributed by atoms with Gasteiger partial charge in [0.25, 0.3) is 0 Å². The number of rotatable bonds is 8. The topological polar surface area (TPSA) is 41.1 Å². The summed E-state index contributed by atoms with van der Waals surface area (Å²) >= 11 is 0. The van der Waals surface area contributed by atoms with E-state index >= 15 is 0 Å². The summed E-state index contributed by atoms with van der Waals surface area (Å²) in [6.45, 7) is 2.54. The molecule has 2 amide bonds. The summed E-state index contributed by atoms with van der Waals surface area (Å²) in [5.74, 6) is -4.66. The third-order valence-corrected chi connectivity index (χ3v) is 2.43. The molecule has 19 heavy (non-hydrogen) atoms. The molecule has 2 N–H and O–H groups in total. The fourth-order valence-electron chi connectivity index (χ4n) is 1.26.